The van der Waals surface area contributed by atoms with E-state index in [1.54, 1.807) is 30.3 Å². The second-order valence-electron chi connectivity index (χ2n) is 4.82. The van der Waals surface area contributed by atoms with Gasteiger partial charge < -0.3 is 15.2 Å². The first-order chi connectivity index (χ1) is 11.0. The van der Waals surface area contributed by atoms with Gasteiger partial charge in [0.15, 0.2) is 0 Å². The number of nitro groups is 1. The summed E-state index contributed by atoms with van der Waals surface area (Å²) in [6.45, 7) is 0. The van der Waals surface area contributed by atoms with Gasteiger partial charge in [-0.25, -0.2) is 0 Å². The number of carboxylic acids is 1. The summed E-state index contributed by atoms with van der Waals surface area (Å²) >= 11 is 0. The van der Waals surface area contributed by atoms with E-state index in [0.29, 0.717) is 11.1 Å². The predicted molar refractivity (Wildman–Crippen MR) is 79.4 cm³/mol. The molecule has 118 valence electrons. The standard InChI is InChI=1S/C16H14N2O5/c19-15(20)10-14(12-7-4-8-13(9-12)18(22)23)17-16(21)11-5-2-1-3-6-11/h1-9,14H,10H2,(H,17,21)(H,19,20)/p-1/t14-/m1/s1. The number of aliphatic carboxylic acids is 1. The quantitative estimate of drug-likeness (QED) is 0.636. The van der Waals surface area contributed by atoms with E-state index in [1.807, 2.05) is 0 Å². The van der Waals surface area contributed by atoms with E-state index in [0.717, 1.165) is 0 Å². The molecule has 23 heavy (non-hydrogen) atoms. The molecule has 0 aliphatic rings. The number of carbonyl (C=O) groups is 2. The van der Waals surface area contributed by atoms with E-state index in [9.17, 15) is 24.8 Å². The van der Waals surface area contributed by atoms with Gasteiger partial charge in [-0.1, -0.05) is 30.3 Å². The number of nitro benzene ring substituents is 1. The summed E-state index contributed by atoms with van der Waals surface area (Å²) in [5.74, 6) is -1.83. The minimum Gasteiger partial charge on any atom is -0.550 e. The van der Waals surface area contributed by atoms with Crippen LogP contribution in [-0.4, -0.2) is 16.8 Å². The number of nitrogens with one attached hydrogen (secondary N) is 1. The maximum Gasteiger partial charge on any atom is 0.269 e. The van der Waals surface area contributed by atoms with Gasteiger partial charge in [0.1, 0.15) is 0 Å². The first-order valence-electron chi connectivity index (χ1n) is 6.77. The molecule has 0 saturated carbocycles. The molecule has 0 aromatic heterocycles. The molecule has 0 aliphatic carbocycles. The van der Waals surface area contributed by atoms with Gasteiger partial charge in [0.05, 0.1) is 11.0 Å². The molecule has 0 radical (unpaired) electrons. The van der Waals surface area contributed by atoms with Crippen molar-refractivity contribution < 1.29 is 19.6 Å². The molecular formula is C16H13N2O5-. The van der Waals surface area contributed by atoms with Gasteiger partial charge in [-0.3, -0.25) is 14.9 Å². The Morgan fingerprint density at radius 2 is 1.78 bits per heavy atom. The van der Waals surface area contributed by atoms with Crippen LogP contribution in [0, 0.1) is 10.1 Å². The minimum atomic E-state index is -1.37. The molecule has 1 N–H and O–H groups in total. The van der Waals surface area contributed by atoms with Crippen LogP contribution in [-0.2, 0) is 4.79 Å². The van der Waals surface area contributed by atoms with Gasteiger partial charge in [-0.2, -0.15) is 0 Å². The second-order valence-corrected chi connectivity index (χ2v) is 4.82. The molecule has 0 saturated heterocycles. The number of rotatable bonds is 6. The molecule has 0 aliphatic heterocycles. The highest BCUT2D eigenvalue weighted by atomic mass is 16.6. The maximum absolute atomic E-state index is 12.2. The third-order valence-electron chi connectivity index (χ3n) is 3.20. The van der Waals surface area contributed by atoms with Gasteiger partial charge in [0.25, 0.3) is 11.6 Å². The van der Waals surface area contributed by atoms with E-state index in [2.05, 4.69) is 5.32 Å². The summed E-state index contributed by atoms with van der Waals surface area (Å²) in [5.41, 5.74) is 0.508. The van der Waals surface area contributed by atoms with Gasteiger partial charge >= 0.3 is 0 Å². The molecule has 1 amide bonds. The summed E-state index contributed by atoms with van der Waals surface area (Å²) in [5, 5.41) is 24.3. The van der Waals surface area contributed by atoms with Crippen LogP contribution < -0.4 is 10.4 Å². The van der Waals surface area contributed by atoms with Crippen LogP contribution in [0.5, 0.6) is 0 Å². The van der Waals surface area contributed by atoms with Gasteiger partial charge in [-0.05, 0) is 17.7 Å². The van der Waals surface area contributed by atoms with Crippen molar-refractivity contribution in [2.75, 3.05) is 0 Å². The maximum atomic E-state index is 12.2. The van der Waals surface area contributed by atoms with E-state index in [-0.39, 0.29) is 5.69 Å². The summed E-state index contributed by atoms with van der Waals surface area (Å²) in [6, 6.07) is 12.8. The fourth-order valence-corrected chi connectivity index (χ4v) is 2.11. The average Bonchev–Trinajstić information content (AvgIpc) is 2.54. The molecular weight excluding hydrogens is 300 g/mol. The molecule has 1 atom stereocenters. The Bertz CT molecular complexity index is 730. The Kier molecular flexibility index (Phi) is 5.03. The van der Waals surface area contributed by atoms with E-state index < -0.39 is 29.3 Å². The molecule has 2 aromatic carbocycles. The minimum absolute atomic E-state index is 0.181. The zero-order valence-electron chi connectivity index (χ0n) is 12.0. The van der Waals surface area contributed by atoms with E-state index >= 15 is 0 Å². The van der Waals surface area contributed by atoms with Crippen molar-refractivity contribution in [1.29, 1.82) is 0 Å². The number of benzene rings is 2. The highest BCUT2D eigenvalue weighted by molar-refractivity contribution is 5.94. The Hall–Kier alpha value is -3.22. The van der Waals surface area contributed by atoms with E-state index in [1.165, 1.54) is 24.3 Å². The predicted octanol–water partition coefficient (Wildman–Crippen LogP) is 1.21. The number of amides is 1. The Labute approximate surface area is 131 Å². The third-order valence-corrected chi connectivity index (χ3v) is 3.20. The lowest BCUT2D eigenvalue weighted by atomic mass is 10.0. The number of hydrogen-bond acceptors (Lipinski definition) is 5. The molecule has 2 rings (SSSR count). The third kappa shape index (κ3) is 4.37. The zero-order chi connectivity index (χ0) is 16.8. The highest BCUT2D eigenvalue weighted by Crippen LogP contribution is 2.22. The van der Waals surface area contributed by atoms with Crippen molar-refractivity contribution in [3.8, 4) is 0 Å². The number of non-ortho nitro benzene ring substituents is 1. The summed E-state index contributed by atoms with van der Waals surface area (Å²) < 4.78 is 0. The van der Waals surface area contributed by atoms with Crippen LogP contribution in [0.2, 0.25) is 0 Å². The fourth-order valence-electron chi connectivity index (χ4n) is 2.11. The largest absolute Gasteiger partial charge is 0.550 e. The second kappa shape index (κ2) is 7.17. The number of hydrogen-bond donors (Lipinski definition) is 1. The lowest BCUT2D eigenvalue weighted by Crippen LogP contribution is -2.34. The van der Waals surface area contributed by atoms with Crippen LogP contribution in [0.4, 0.5) is 5.69 Å². The first kappa shape index (κ1) is 16.2. The normalized spacial score (nSPS) is 11.5. The molecule has 0 fully saturated rings. The average molecular weight is 313 g/mol. The molecule has 7 heteroatoms. The number of carbonyl (C=O) groups excluding carboxylic acids is 2. The number of carboxylic acid groups (broad SMARTS) is 1. The van der Waals surface area contributed by atoms with Crippen molar-refractivity contribution in [1.82, 2.24) is 5.32 Å². The topological polar surface area (TPSA) is 112 Å². The van der Waals surface area contributed by atoms with Crippen LogP contribution in [0.25, 0.3) is 0 Å². The molecule has 7 nitrogen and oxygen atoms in total. The van der Waals surface area contributed by atoms with Crippen LogP contribution >= 0.6 is 0 Å². The highest BCUT2D eigenvalue weighted by Gasteiger charge is 2.18. The van der Waals surface area contributed by atoms with Crippen molar-refractivity contribution in [3.05, 3.63) is 75.8 Å². The van der Waals surface area contributed by atoms with Crippen LogP contribution in [0.3, 0.4) is 0 Å². The zero-order valence-corrected chi connectivity index (χ0v) is 12.0. The fraction of sp³-hybridized carbons (Fsp3) is 0.125. The molecule has 0 bridgehead atoms. The summed E-state index contributed by atoms with van der Waals surface area (Å²) in [4.78, 5) is 33.3. The van der Waals surface area contributed by atoms with Gasteiger partial charge in [0.2, 0.25) is 0 Å². The van der Waals surface area contributed by atoms with Crippen molar-refractivity contribution >= 4 is 17.6 Å². The smallest absolute Gasteiger partial charge is 0.269 e. The Morgan fingerprint density at radius 1 is 1.09 bits per heavy atom. The summed E-state index contributed by atoms with van der Waals surface area (Å²) in [7, 11) is 0. The lowest BCUT2D eigenvalue weighted by molar-refractivity contribution is -0.385. The first-order valence-corrected chi connectivity index (χ1v) is 6.77. The van der Waals surface area contributed by atoms with Crippen LogP contribution in [0.15, 0.2) is 54.6 Å². The Balaban J connectivity index is 2.27. The van der Waals surface area contributed by atoms with Gasteiger partial charge in [0, 0.05) is 30.1 Å². The molecule has 2 aromatic rings. The SMILES string of the molecule is O=C([O-])C[C@@H](NC(=O)c1ccccc1)c1cccc([N+](=O)[O-])c1. The van der Waals surface area contributed by atoms with E-state index in [4.69, 9.17) is 0 Å². The van der Waals surface area contributed by atoms with Crippen molar-refractivity contribution in [2.24, 2.45) is 0 Å². The lowest BCUT2D eigenvalue weighted by Gasteiger charge is -2.19. The summed E-state index contributed by atoms with van der Waals surface area (Å²) in [6.07, 6.45) is -0.486. The molecule has 0 unspecified atom stereocenters. The molecule has 0 heterocycles. The number of nitrogens with zero attached hydrogens (tertiary/aromatic N) is 1. The Morgan fingerprint density at radius 3 is 2.39 bits per heavy atom. The van der Waals surface area contributed by atoms with Crippen LogP contribution in [0.1, 0.15) is 28.4 Å². The van der Waals surface area contributed by atoms with Gasteiger partial charge in [-0.15, -0.1) is 0 Å². The van der Waals surface area contributed by atoms with Crippen molar-refractivity contribution in [3.63, 3.8) is 0 Å². The monoisotopic (exact) mass is 313 g/mol. The molecule has 0 spiro atoms. The van der Waals surface area contributed by atoms with Crippen molar-refractivity contribution in [2.45, 2.75) is 12.5 Å².